The van der Waals surface area contributed by atoms with Gasteiger partial charge >= 0.3 is 6.18 Å². The third kappa shape index (κ3) is 3.57. The van der Waals surface area contributed by atoms with Crippen molar-refractivity contribution in [3.05, 3.63) is 75.6 Å². The van der Waals surface area contributed by atoms with E-state index in [0.29, 0.717) is 24.0 Å². The second kappa shape index (κ2) is 6.71. The van der Waals surface area contributed by atoms with Crippen LogP contribution in [-0.4, -0.2) is 12.0 Å². The Morgan fingerprint density at radius 3 is 2.31 bits per heavy atom. The van der Waals surface area contributed by atoms with Crippen molar-refractivity contribution in [2.75, 3.05) is 0 Å². The Morgan fingerprint density at radius 1 is 1.04 bits per heavy atom. The first-order valence-electron chi connectivity index (χ1n) is 8.34. The van der Waals surface area contributed by atoms with E-state index in [-0.39, 0.29) is 22.5 Å². The molecule has 0 saturated carbocycles. The number of carbonyl (C=O) groups is 1. The monoisotopic (exact) mass is 362 g/mol. The maximum absolute atomic E-state index is 13.8. The summed E-state index contributed by atoms with van der Waals surface area (Å²) in [5.74, 6) is -2.24. The van der Waals surface area contributed by atoms with Crippen molar-refractivity contribution in [3.63, 3.8) is 0 Å². The van der Waals surface area contributed by atoms with E-state index >= 15 is 0 Å². The standard InChI is InChI=1S/C21H18F4O/c1-12-9-16(10-13(2)20(12)22)18(21(23,24)25)7-4-14-3-6-17-15(11-14)5-8-19(17)26/h3-4,6-7,9-11,18H,5,8H2,1-2H3/b7-4+. The molecule has 1 aliphatic rings. The molecule has 2 aromatic carbocycles. The fourth-order valence-electron chi connectivity index (χ4n) is 3.35. The number of hydrogen-bond donors (Lipinski definition) is 0. The van der Waals surface area contributed by atoms with Gasteiger partial charge < -0.3 is 0 Å². The molecule has 1 aliphatic carbocycles. The topological polar surface area (TPSA) is 17.1 Å². The molecular weight excluding hydrogens is 344 g/mol. The van der Waals surface area contributed by atoms with E-state index in [2.05, 4.69) is 0 Å². The first-order chi connectivity index (χ1) is 12.2. The average Bonchev–Trinajstić information content (AvgIpc) is 2.92. The molecule has 0 saturated heterocycles. The molecule has 26 heavy (non-hydrogen) atoms. The molecule has 1 atom stereocenters. The number of aryl methyl sites for hydroxylation is 3. The summed E-state index contributed by atoms with van der Waals surface area (Å²) in [5.41, 5.74) is 2.54. The van der Waals surface area contributed by atoms with Crippen LogP contribution in [-0.2, 0) is 6.42 Å². The zero-order valence-corrected chi connectivity index (χ0v) is 14.5. The molecule has 0 N–H and O–H groups in total. The van der Waals surface area contributed by atoms with Gasteiger partial charge in [-0.05, 0) is 48.1 Å². The highest BCUT2D eigenvalue weighted by Gasteiger charge is 2.39. The smallest absolute Gasteiger partial charge is 0.294 e. The minimum Gasteiger partial charge on any atom is -0.294 e. The van der Waals surface area contributed by atoms with E-state index < -0.39 is 17.9 Å². The summed E-state index contributed by atoms with van der Waals surface area (Å²) in [5, 5.41) is 0. The summed E-state index contributed by atoms with van der Waals surface area (Å²) in [6.45, 7) is 2.92. The highest BCUT2D eigenvalue weighted by molar-refractivity contribution is 6.00. The van der Waals surface area contributed by atoms with Crippen molar-refractivity contribution >= 4 is 11.9 Å². The number of hydrogen-bond acceptors (Lipinski definition) is 1. The van der Waals surface area contributed by atoms with Gasteiger partial charge in [0.2, 0.25) is 0 Å². The van der Waals surface area contributed by atoms with Crippen LogP contribution in [0.3, 0.4) is 0 Å². The van der Waals surface area contributed by atoms with Gasteiger partial charge in [-0.25, -0.2) is 4.39 Å². The minimum atomic E-state index is -4.49. The van der Waals surface area contributed by atoms with Crippen LogP contribution in [0.2, 0.25) is 0 Å². The second-order valence-corrected chi connectivity index (χ2v) is 6.69. The third-order valence-corrected chi connectivity index (χ3v) is 4.70. The summed E-state index contributed by atoms with van der Waals surface area (Å²) in [7, 11) is 0. The van der Waals surface area contributed by atoms with Crippen LogP contribution < -0.4 is 0 Å². The molecule has 0 bridgehead atoms. The van der Waals surface area contributed by atoms with Crippen molar-refractivity contribution in [2.24, 2.45) is 0 Å². The van der Waals surface area contributed by atoms with E-state index in [1.165, 1.54) is 32.1 Å². The molecule has 0 amide bonds. The van der Waals surface area contributed by atoms with Gasteiger partial charge in [-0.2, -0.15) is 13.2 Å². The molecular formula is C21H18F4O. The Hall–Kier alpha value is -2.43. The fourth-order valence-corrected chi connectivity index (χ4v) is 3.35. The predicted molar refractivity (Wildman–Crippen MR) is 92.8 cm³/mol. The molecule has 0 aromatic heterocycles. The fraction of sp³-hybridized carbons (Fsp3) is 0.286. The maximum Gasteiger partial charge on any atom is 0.399 e. The van der Waals surface area contributed by atoms with Gasteiger partial charge in [0.15, 0.2) is 5.78 Å². The van der Waals surface area contributed by atoms with Crippen LogP contribution >= 0.6 is 0 Å². The van der Waals surface area contributed by atoms with Gasteiger partial charge in [0.1, 0.15) is 5.82 Å². The van der Waals surface area contributed by atoms with Gasteiger partial charge in [0, 0.05) is 12.0 Å². The number of rotatable bonds is 3. The molecule has 5 heteroatoms. The van der Waals surface area contributed by atoms with Crippen molar-refractivity contribution < 1.29 is 22.4 Å². The highest BCUT2D eigenvalue weighted by atomic mass is 19.4. The lowest BCUT2D eigenvalue weighted by atomic mass is 9.93. The van der Waals surface area contributed by atoms with E-state index in [9.17, 15) is 22.4 Å². The molecule has 136 valence electrons. The Labute approximate surface area is 149 Å². The Bertz CT molecular complexity index is 870. The second-order valence-electron chi connectivity index (χ2n) is 6.69. The number of allylic oxidation sites excluding steroid dienone is 1. The number of Topliss-reactive ketones (excluding diaryl/α,β-unsaturated/α-hetero) is 1. The summed E-state index contributed by atoms with van der Waals surface area (Å²) in [6, 6.07) is 7.55. The number of alkyl halides is 3. The van der Waals surface area contributed by atoms with Crippen molar-refractivity contribution in [2.45, 2.75) is 38.8 Å². The molecule has 2 aromatic rings. The molecule has 0 heterocycles. The summed E-state index contributed by atoms with van der Waals surface area (Å²) in [4.78, 5) is 11.7. The quantitative estimate of drug-likeness (QED) is 0.619. The van der Waals surface area contributed by atoms with Crippen molar-refractivity contribution in [1.29, 1.82) is 0 Å². The summed E-state index contributed by atoms with van der Waals surface area (Å²) < 4.78 is 54.4. The number of fused-ring (bicyclic) bond motifs is 1. The predicted octanol–water partition coefficient (Wildman–Crippen LogP) is 5.93. The zero-order valence-electron chi connectivity index (χ0n) is 14.5. The van der Waals surface area contributed by atoms with Crippen LogP contribution in [0.15, 0.2) is 36.4 Å². The van der Waals surface area contributed by atoms with Crippen LogP contribution in [0.1, 0.15) is 50.5 Å². The first-order valence-corrected chi connectivity index (χ1v) is 8.34. The largest absolute Gasteiger partial charge is 0.399 e. The molecule has 1 nitrogen and oxygen atoms in total. The normalized spacial score (nSPS) is 15.5. The van der Waals surface area contributed by atoms with Gasteiger partial charge in [0.05, 0.1) is 5.92 Å². The average molecular weight is 362 g/mol. The lowest BCUT2D eigenvalue weighted by Gasteiger charge is -2.19. The molecule has 3 rings (SSSR count). The molecule has 0 fully saturated rings. The molecule has 0 radical (unpaired) electrons. The lowest BCUT2D eigenvalue weighted by Crippen LogP contribution is -2.19. The number of ketones is 1. The van der Waals surface area contributed by atoms with E-state index in [0.717, 1.165) is 11.6 Å². The Kier molecular flexibility index (Phi) is 4.74. The third-order valence-electron chi connectivity index (χ3n) is 4.70. The van der Waals surface area contributed by atoms with E-state index in [1.54, 1.807) is 18.2 Å². The van der Waals surface area contributed by atoms with Crippen molar-refractivity contribution in [3.8, 4) is 0 Å². The van der Waals surface area contributed by atoms with Gasteiger partial charge in [-0.1, -0.05) is 42.5 Å². The lowest BCUT2D eigenvalue weighted by molar-refractivity contribution is -0.139. The molecule has 0 aliphatic heterocycles. The van der Waals surface area contributed by atoms with Crippen LogP contribution in [0, 0.1) is 19.7 Å². The first kappa shape index (κ1) is 18.4. The zero-order chi connectivity index (χ0) is 19.1. The Balaban J connectivity index is 1.95. The SMILES string of the molecule is Cc1cc(C(/C=C/c2ccc3c(c2)CCC3=O)C(F)(F)F)cc(C)c1F. The number of halogens is 4. The van der Waals surface area contributed by atoms with Crippen LogP contribution in [0.25, 0.3) is 6.08 Å². The van der Waals surface area contributed by atoms with Gasteiger partial charge in [0.25, 0.3) is 0 Å². The number of benzene rings is 2. The summed E-state index contributed by atoms with van der Waals surface area (Å²) in [6.07, 6.45) is -0.920. The van der Waals surface area contributed by atoms with Crippen molar-refractivity contribution in [1.82, 2.24) is 0 Å². The van der Waals surface area contributed by atoms with E-state index in [4.69, 9.17) is 0 Å². The highest BCUT2D eigenvalue weighted by Crippen LogP contribution is 2.37. The Morgan fingerprint density at radius 2 is 1.69 bits per heavy atom. The van der Waals surface area contributed by atoms with E-state index in [1.807, 2.05) is 0 Å². The van der Waals surface area contributed by atoms with Gasteiger partial charge in [-0.3, -0.25) is 4.79 Å². The van der Waals surface area contributed by atoms with Gasteiger partial charge in [-0.15, -0.1) is 0 Å². The van der Waals surface area contributed by atoms with Crippen LogP contribution in [0.4, 0.5) is 17.6 Å². The maximum atomic E-state index is 13.8. The number of carbonyl (C=O) groups excluding carboxylic acids is 1. The molecule has 1 unspecified atom stereocenters. The summed E-state index contributed by atoms with van der Waals surface area (Å²) >= 11 is 0. The van der Waals surface area contributed by atoms with Crippen LogP contribution in [0.5, 0.6) is 0 Å². The minimum absolute atomic E-state index is 0.0153. The molecule has 0 spiro atoms.